The number of nitrogens with zero attached hydrogens (tertiary/aromatic N) is 1. The zero-order valence-electron chi connectivity index (χ0n) is 13.7. The van der Waals surface area contributed by atoms with Crippen LogP contribution in [0.1, 0.15) is 40.5 Å². The van der Waals surface area contributed by atoms with Crippen LogP contribution < -0.4 is 0 Å². The predicted octanol–water partition coefficient (Wildman–Crippen LogP) is 4.25. The summed E-state index contributed by atoms with van der Waals surface area (Å²) in [5.74, 6) is -0.920. The molecule has 0 radical (unpaired) electrons. The first-order chi connectivity index (χ1) is 11.1. The van der Waals surface area contributed by atoms with Crippen LogP contribution in [0.2, 0.25) is 0 Å². The summed E-state index contributed by atoms with van der Waals surface area (Å²) in [7, 11) is 0. The van der Waals surface area contributed by atoms with Crippen molar-refractivity contribution in [2.45, 2.75) is 32.7 Å². The topological polar surface area (TPSA) is 40.5 Å². The third-order valence-electron chi connectivity index (χ3n) is 4.71. The Morgan fingerprint density at radius 3 is 2.87 bits per heavy atom. The van der Waals surface area contributed by atoms with Gasteiger partial charge in [0.25, 0.3) is 0 Å². The first-order valence-corrected chi connectivity index (χ1v) is 9.01. The Labute approximate surface area is 141 Å². The molecule has 1 aromatic heterocycles. The second-order valence-corrected chi connectivity index (χ2v) is 7.43. The van der Waals surface area contributed by atoms with Crippen LogP contribution in [0.15, 0.2) is 35.7 Å². The Morgan fingerprint density at radius 2 is 2.17 bits per heavy atom. The lowest BCUT2D eigenvalue weighted by Crippen LogP contribution is -2.41. The molecule has 1 aliphatic heterocycles. The minimum atomic E-state index is -0.666. The molecule has 2 atom stereocenters. The molecule has 1 aromatic carbocycles. The number of carboxylic acid groups (broad SMARTS) is 1. The summed E-state index contributed by atoms with van der Waals surface area (Å²) < 4.78 is 0. The lowest BCUT2D eigenvalue weighted by atomic mass is 9.92. The highest BCUT2D eigenvalue weighted by molar-refractivity contribution is 7.10. The fourth-order valence-electron chi connectivity index (χ4n) is 3.47. The molecule has 4 heteroatoms. The van der Waals surface area contributed by atoms with Crippen molar-refractivity contribution in [1.29, 1.82) is 0 Å². The molecule has 0 spiro atoms. The van der Waals surface area contributed by atoms with E-state index in [9.17, 15) is 9.90 Å². The molecule has 122 valence electrons. The molecule has 2 heterocycles. The van der Waals surface area contributed by atoms with Gasteiger partial charge >= 0.3 is 5.97 Å². The van der Waals surface area contributed by atoms with E-state index in [2.05, 4.69) is 54.5 Å². The third kappa shape index (κ3) is 3.48. The average Bonchev–Trinajstić information content (AvgIpc) is 3.05. The number of thiophene rings is 1. The maximum absolute atomic E-state index is 11.4. The van der Waals surface area contributed by atoms with Crippen molar-refractivity contribution in [2.24, 2.45) is 5.92 Å². The molecule has 0 amide bonds. The zero-order valence-corrected chi connectivity index (χ0v) is 14.5. The maximum atomic E-state index is 11.4. The van der Waals surface area contributed by atoms with Crippen molar-refractivity contribution in [1.82, 2.24) is 4.90 Å². The van der Waals surface area contributed by atoms with Gasteiger partial charge < -0.3 is 5.11 Å². The van der Waals surface area contributed by atoms with E-state index in [1.165, 1.54) is 21.6 Å². The summed E-state index contributed by atoms with van der Waals surface area (Å²) in [6.45, 7) is 5.85. The van der Waals surface area contributed by atoms with Crippen LogP contribution in [0.25, 0.3) is 0 Å². The van der Waals surface area contributed by atoms with E-state index in [-0.39, 0.29) is 12.0 Å². The SMILES string of the molecule is Cc1ccc(C)c(C(c2cccs2)N2CCCC(C(=O)O)C2)c1. The van der Waals surface area contributed by atoms with Gasteiger partial charge in [-0.1, -0.05) is 29.8 Å². The normalized spacial score (nSPS) is 20.3. The number of piperidine rings is 1. The van der Waals surface area contributed by atoms with E-state index in [0.29, 0.717) is 6.54 Å². The van der Waals surface area contributed by atoms with E-state index in [0.717, 1.165) is 19.4 Å². The summed E-state index contributed by atoms with van der Waals surface area (Å²) in [4.78, 5) is 15.1. The Bertz CT molecular complexity index is 681. The average molecular weight is 329 g/mol. The van der Waals surface area contributed by atoms with E-state index >= 15 is 0 Å². The van der Waals surface area contributed by atoms with Crippen molar-refractivity contribution in [2.75, 3.05) is 13.1 Å². The van der Waals surface area contributed by atoms with Crippen LogP contribution in [0, 0.1) is 19.8 Å². The Balaban J connectivity index is 1.99. The maximum Gasteiger partial charge on any atom is 0.307 e. The molecule has 2 aromatic rings. The molecule has 0 saturated carbocycles. The van der Waals surface area contributed by atoms with Gasteiger partial charge in [0, 0.05) is 11.4 Å². The summed E-state index contributed by atoms with van der Waals surface area (Å²) in [6, 6.07) is 11.0. The minimum absolute atomic E-state index is 0.164. The van der Waals surface area contributed by atoms with Gasteiger partial charge in [0.1, 0.15) is 0 Å². The summed E-state index contributed by atoms with van der Waals surface area (Å²) >= 11 is 1.75. The third-order valence-corrected chi connectivity index (χ3v) is 5.63. The number of hydrogen-bond donors (Lipinski definition) is 1. The standard InChI is InChI=1S/C19H23NO2S/c1-13-7-8-14(2)16(11-13)18(17-6-4-10-23-17)20-9-3-5-15(12-20)19(21)22/h4,6-8,10-11,15,18H,3,5,9,12H2,1-2H3,(H,21,22). The molecule has 1 saturated heterocycles. The molecule has 1 N–H and O–H groups in total. The predicted molar refractivity (Wildman–Crippen MR) is 94.0 cm³/mol. The smallest absolute Gasteiger partial charge is 0.307 e. The Morgan fingerprint density at radius 1 is 1.35 bits per heavy atom. The Hall–Kier alpha value is -1.65. The van der Waals surface area contributed by atoms with E-state index < -0.39 is 5.97 Å². The lowest BCUT2D eigenvalue weighted by molar-refractivity contribution is -0.143. The van der Waals surface area contributed by atoms with Gasteiger partial charge in [0.05, 0.1) is 12.0 Å². The van der Waals surface area contributed by atoms with Crippen molar-refractivity contribution in [3.05, 3.63) is 57.3 Å². The number of rotatable bonds is 4. The van der Waals surface area contributed by atoms with Gasteiger partial charge in [-0.25, -0.2) is 0 Å². The minimum Gasteiger partial charge on any atom is -0.481 e. The van der Waals surface area contributed by atoms with Gasteiger partial charge in [-0.15, -0.1) is 11.3 Å². The number of benzene rings is 1. The highest BCUT2D eigenvalue weighted by atomic mass is 32.1. The summed E-state index contributed by atoms with van der Waals surface area (Å²) in [6.07, 6.45) is 1.74. The van der Waals surface area contributed by atoms with E-state index in [1.54, 1.807) is 11.3 Å². The van der Waals surface area contributed by atoms with Crippen LogP contribution in [0.3, 0.4) is 0 Å². The molecule has 3 nitrogen and oxygen atoms in total. The van der Waals surface area contributed by atoms with E-state index in [1.807, 2.05) is 0 Å². The van der Waals surface area contributed by atoms with Gasteiger partial charge in [-0.05, 0) is 55.8 Å². The second-order valence-electron chi connectivity index (χ2n) is 6.45. The molecule has 0 bridgehead atoms. The zero-order chi connectivity index (χ0) is 16.4. The van der Waals surface area contributed by atoms with Gasteiger partial charge in [0.2, 0.25) is 0 Å². The van der Waals surface area contributed by atoms with E-state index in [4.69, 9.17) is 0 Å². The molecule has 2 unspecified atom stereocenters. The first kappa shape index (κ1) is 16.2. The number of carbonyl (C=O) groups is 1. The number of likely N-dealkylation sites (tertiary alicyclic amines) is 1. The molecular formula is C19H23NO2S. The Kier molecular flexibility index (Phi) is 4.83. The number of aryl methyl sites for hydroxylation is 2. The highest BCUT2D eigenvalue weighted by Gasteiger charge is 2.32. The summed E-state index contributed by atoms with van der Waals surface area (Å²) in [5, 5.41) is 11.5. The van der Waals surface area contributed by atoms with Crippen LogP contribution in [-0.4, -0.2) is 29.1 Å². The van der Waals surface area contributed by atoms with Gasteiger partial charge in [0.15, 0.2) is 0 Å². The number of aliphatic carboxylic acids is 1. The summed E-state index contributed by atoms with van der Waals surface area (Å²) in [5.41, 5.74) is 3.82. The van der Waals surface area contributed by atoms with Gasteiger partial charge in [-0.2, -0.15) is 0 Å². The van der Waals surface area contributed by atoms with Crippen LogP contribution in [0.4, 0.5) is 0 Å². The molecule has 1 fully saturated rings. The molecule has 3 rings (SSSR count). The van der Waals surface area contributed by atoms with Crippen molar-refractivity contribution < 1.29 is 9.90 Å². The van der Waals surface area contributed by atoms with Gasteiger partial charge in [-0.3, -0.25) is 9.69 Å². The molecule has 0 aliphatic carbocycles. The molecule has 23 heavy (non-hydrogen) atoms. The van der Waals surface area contributed by atoms with Crippen LogP contribution >= 0.6 is 11.3 Å². The van der Waals surface area contributed by atoms with Crippen molar-refractivity contribution in [3.8, 4) is 0 Å². The first-order valence-electron chi connectivity index (χ1n) is 8.13. The quantitative estimate of drug-likeness (QED) is 0.911. The second kappa shape index (κ2) is 6.85. The number of carboxylic acids is 1. The fraction of sp³-hybridized carbons (Fsp3) is 0.421. The van der Waals surface area contributed by atoms with Crippen molar-refractivity contribution in [3.63, 3.8) is 0 Å². The fourth-order valence-corrected chi connectivity index (χ4v) is 4.35. The monoisotopic (exact) mass is 329 g/mol. The van der Waals surface area contributed by atoms with Crippen molar-refractivity contribution >= 4 is 17.3 Å². The van der Waals surface area contributed by atoms with Crippen LogP contribution in [-0.2, 0) is 4.79 Å². The number of hydrogen-bond acceptors (Lipinski definition) is 3. The van der Waals surface area contributed by atoms with Crippen LogP contribution in [0.5, 0.6) is 0 Å². The molecule has 1 aliphatic rings. The largest absolute Gasteiger partial charge is 0.481 e. The molecular weight excluding hydrogens is 306 g/mol. The highest BCUT2D eigenvalue weighted by Crippen LogP contribution is 2.36. The lowest BCUT2D eigenvalue weighted by Gasteiger charge is -2.37.